The van der Waals surface area contributed by atoms with Gasteiger partial charge in [0.1, 0.15) is 0 Å². The summed E-state index contributed by atoms with van der Waals surface area (Å²) in [7, 11) is 0. The van der Waals surface area contributed by atoms with Crippen molar-refractivity contribution in [3.63, 3.8) is 0 Å². The molecule has 0 radical (unpaired) electrons. The second-order valence-corrected chi connectivity index (χ2v) is 6.83. The average Bonchev–Trinajstić information content (AvgIpc) is 2.42. The number of carboxylic acid groups (broad SMARTS) is 1. The van der Waals surface area contributed by atoms with E-state index >= 15 is 0 Å². The number of nitro groups is 1. The number of nitro benzene ring substituents is 1. The lowest BCUT2D eigenvalue weighted by Gasteiger charge is -2.34. The molecule has 1 unspecified atom stereocenters. The number of non-ortho nitro benzene ring substituents is 1. The first kappa shape index (κ1) is 16.3. The summed E-state index contributed by atoms with van der Waals surface area (Å²) in [6, 6.07) is 4.69. The third-order valence-electron chi connectivity index (χ3n) is 3.38. The molecule has 2 rings (SSSR count). The fourth-order valence-corrected chi connectivity index (χ4v) is 3.91. The summed E-state index contributed by atoms with van der Waals surface area (Å²) in [5.41, 5.74) is 0.977. The van der Waals surface area contributed by atoms with Gasteiger partial charge in [-0.3, -0.25) is 19.8 Å². The molecule has 0 bridgehead atoms. The smallest absolute Gasteiger partial charge is 0.304 e. The molecule has 1 N–H and O–H groups in total. The zero-order valence-corrected chi connectivity index (χ0v) is 13.6. The van der Waals surface area contributed by atoms with Crippen molar-refractivity contribution in [2.24, 2.45) is 0 Å². The van der Waals surface area contributed by atoms with Crippen molar-refractivity contribution in [1.29, 1.82) is 0 Å². The molecule has 6 nitrogen and oxygen atoms in total. The number of halogens is 1. The van der Waals surface area contributed by atoms with Crippen LogP contribution in [-0.4, -0.2) is 45.0 Å². The highest BCUT2D eigenvalue weighted by atomic mass is 79.9. The maximum atomic E-state index is 10.9. The van der Waals surface area contributed by atoms with Crippen LogP contribution in [0.4, 0.5) is 5.69 Å². The number of carbonyl (C=O) groups is 1. The van der Waals surface area contributed by atoms with E-state index in [2.05, 4.69) is 20.8 Å². The second-order valence-electron chi connectivity index (χ2n) is 4.83. The Kier molecular flexibility index (Phi) is 5.60. The van der Waals surface area contributed by atoms with Gasteiger partial charge in [-0.1, -0.05) is 15.9 Å². The Hall–Kier alpha value is -1.12. The molecular weight excluding hydrogens is 360 g/mol. The van der Waals surface area contributed by atoms with E-state index < -0.39 is 10.9 Å². The molecule has 8 heteroatoms. The van der Waals surface area contributed by atoms with Gasteiger partial charge < -0.3 is 5.11 Å². The van der Waals surface area contributed by atoms with E-state index in [0.29, 0.717) is 11.0 Å². The lowest BCUT2D eigenvalue weighted by atomic mass is 10.1. The summed E-state index contributed by atoms with van der Waals surface area (Å²) in [5.74, 6) is 0.979. The van der Waals surface area contributed by atoms with E-state index in [4.69, 9.17) is 5.11 Å². The van der Waals surface area contributed by atoms with Gasteiger partial charge in [0, 0.05) is 47.2 Å². The van der Waals surface area contributed by atoms with E-state index in [1.54, 1.807) is 17.8 Å². The van der Waals surface area contributed by atoms with E-state index in [9.17, 15) is 14.9 Å². The normalized spacial score (nSPS) is 19.4. The predicted molar refractivity (Wildman–Crippen MR) is 84.6 cm³/mol. The molecule has 1 saturated heterocycles. The Labute approximate surface area is 134 Å². The van der Waals surface area contributed by atoms with Crippen LogP contribution in [0.15, 0.2) is 22.7 Å². The first-order chi connectivity index (χ1) is 9.97. The van der Waals surface area contributed by atoms with Gasteiger partial charge in [0.05, 0.1) is 11.3 Å². The minimum atomic E-state index is -0.796. The zero-order chi connectivity index (χ0) is 15.4. The molecule has 1 aliphatic heterocycles. The quantitative estimate of drug-likeness (QED) is 0.629. The number of benzene rings is 1. The molecule has 21 heavy (non-hydrogen) atoms. The second kappa shape index (κ2) is 7.24. The van der Waals surface area contributed by atoms with Gasteiger partial charge in [0.15, 0.2) is 0 Å². The molecule has 1 aromatic rings. The lowest BCUT2D eigenvalue weighted by molar-refractivity contribution is -0.384. The highest BCUT2D eigenvalue weighted by Crippen LogP contribution is 2.27. The number of aliphatic carboxylic acids is 1. The van der Waals surface area contributed by atoms with Gasteiger partial charge in [-0.05, 0) is 11.6 Å². The van der Waals surface area contributed by atoms with E-state index in [1.165, 1.54) is 12.1 Å². The van der Waals surface area contributed by atoms with Gasteiger partial charge in [-0.25, -0.2) is 0 Å². The molecule has 1 fully saturated rings. The maximum Gasteiger partial charge on any atom is 0.304 e. The molecule has 0 saturated carbocycles. The van der Waals surface area contributed by atoms with Crippen molar-refractivity contribution in [1.82, 2.24) is 4.90 Å². The van der Waals surface area contributed by atoms with Crippen molar-refractivity contribution in [3.05, 3.63) is 38.3 Å². The van der Waals surface area contributed by atoms with Gasteiger partial charge in [-0.15, -0.1) is 0 Å². The van der Waals surface area contributed by atoms with Gasteiger partial charge in [0.25, 0.3) is 5.69 Å². The lowest BCUT2D eigenvalue weighted by Crippen LogP contribution is -2.43. The summed E-state index contributed by atoms with van der Waals surface area (Å²) in [4.78, 5) is 23.4. The van der Waals surface area contributed by atoms with Crippen molar-refractivity contribution in [2.45, 2.75) is 19.0 Å². The Morgan fingerprint density at radius 3 is 2.95 bits per heavy atom. The minimum Gasteiger partial charge on any atom is -0.481 e. The monoisotopic (exact) mass is 374 g/mol. The SMILES string of the molecule is O=C(O)CC1CSCCN1Cc1ccc([N+](=O)[O-])cc1Br. The van der Waals surface area contributed by atoms with E-state index in [1.807, 2.05) is 0 Å². The van der Waals surface area contributed by atoms with Crippen molar-refractivity contribution in [2.75, 3.05) is 18.1 Å². The number of nitrogens with zero attached hydrogens (tertiary/aromatic N) is 2. The fourth-order valence-electron chi connectivity index (χ4n) is 2.28. The molecule has 1 atom stereocenters. The molecule has 1 aromatic carbocycles. The first-order valence-electron chi connectivity index (χ1n) is 6.44. The van der Waals surface area contributed by atoms with Gasteiger partial charge in [0.2, 0.25) is 0 Å². The average molecular weight is 375 g/mol. The Balaban J connectivity index is 2.11. The molecule has 1 aliphatic rings. The molecule has 0 aliphatic carbocycles. The summed E-state index contributed by atoms with van der Waals surface area (Å²) >= 11 is 5.12. The standard InChI is InChI=1S/C13H15BrN2O4S/c14-12-5-10(16(19)20)2-1-9(12)7-15-3-4-21-8-11(15)6-13(17)18/h1-2,5,11H,3-4,6-8H2,(H,17,18). The van der Waals surface area contributed by atoms with Crippen LogP contribution in [0, 0.1) is 10.1 Å². The molecular formula is C13H15BrN2O4S. The Morgan fingerprint density at radius 1 is 1.57 bits per heavy atom. The van der Waals surface area contributed by atoms with Crippen LogP contribution in [-0.2, 0) is 11.3 Å². The van der Waals surface area contributed by atoms with Crippen LogP contribution in [0.3, 0.4) is 0 Å². The predicted octanol–water partition coefficient (Wildman–Crippen LogP) is 2.75. The highest BCUT2D eigenvalue weighted by Gasteiger charge is 2.25. The Bertz CT molecular complexity index is 555. The highest BCUT2D eigenvalue weighted by molar-refractivity contribution is 9.10. The number of hydrogen-bond donors (Lipinski definition) is 1. The van der Waals surface area contributed by atoms with Crippen LogP contribution >= 0.6 is 27.7 Å². The molecule has 1 heterocycles. The number of carboxylic acids is 1. The molecule has 0 aromatic heterocycles. The molecule has 0 spiro atoms. The van der Waals surface area contributed by atoms with Crippen LogP contribution in [0.25, 0.3) is 0 Å². The molecule has 0 amide bonds. The number of thioether (sulfide) groups is 1. The summed E-state index contributed by atoms with van der Waals surface area (Å²) in [6.45, 7) is 1.42. The van der Waals surface area contributed by atoms with Crippen LogP contribution in [0.1, 0.15) is 12.0 Å². The third-order valence-corrected chi connectivity index (χ3v) is 5.21. The third kappa shape index (κ3) is 4.42. The van der Waals surface area contributed by atoms with Gasteiger partial charge in [-0.2, -0.15) is 11.8 Å². The fraction of sp³-hybridized carbons (Fsp3) is 0.462. The van der Waals surface area contributed by atoms with E-state index in [0.717, 1.165) is 23.6 Å². The summed E-state index contributed by atoms with van der Waals surface area (Å²) in [5, 5.41) is 19.7. The van der Waals surface area contributed by atoms with Crippen LogP contribution in [0.2, 0.25) is 0 Å². The summed E-state index contributed by atoms with van der Waals surface area (Å²) < 4.78 is 0.684. The van der Waals surface area contributed by atoms with Crippen LogP contribution in [0.5, 0.6) is 0 Å². The molecule has 114 valence electrons. The van der Waals surface area contributed by atoms with Gasteiger partial charge >= 0.3 is 5.97 Å². The largest absolute Gasteiger partial charge is 0.481 e. The Morgan fingerprint density at radius 2 is 2.33 bits per heavy atom. The first-order valence-corrected chi connectivity index (χ1v) is 8.38. The van der Waals surface area contributed by atoms with E-state index in [-0.39, 0.29) is 18.2 Å². The van der Waals surface area contributed by atoms with Crippen LogP contribution < -0.4 is 0 Å². The number of rotatable bonds is 5. The van der Waals surface area contributed by atoms with Crippen molar-refractivity contribution in [3.8, 4) is 0 Å². The summed E-state index contributed by atoms with van der Waals surface area (Å²) in [6.07, 6.45) is 0.123. The minimum absolute atomic E-state index is 0.00309. The van der Waals surface area contributed by atoms with Crippen molar-refractivity contribution >= 4 is 39.3 Å². The topological polar surface area (TPSA) is 83.7 Å². The van der Waals surface area contributed by atoms with Crippen molar-refractivity contribution < 1.29 is 14.8 Å². The maximum absolute atomic E-state index is 10.9. The number of hydrogen-bond acceptors (Lipinski definition) is 5. The zero-order valence-electron chi connectivity index (χ0n) is 11.2.